The van der Waals surface area contributed by atoms with Gasteiger partial charge in [0.2, 0.25) is 5.82 Å². The Kier molecular flexibility index (Phi) is 4.82. The molecule has 1 aliphatic rings. The number of aromatic nitrogens is 2. The average Bonchev–Trinajstić information content (AvgIpc) is 3.33. The molecule has 7 nitrogen and oxygen atoms in total. The molecule has 0 aliphatic heterocycles. The molecule has 2 aromatic carbocycles. The topological polar surface area (TPSA) is 121 Å². The van der Waals surface area contributed by atoms with Gasteiger partial charge in [-0.05, 0) is 55.2 Å². The number of fused-ring (bicyclic) bond motifs is 1. The van der Waals surface area contributed by atoms with Crippen LogP contribution in [0.4, 0.5) is 0 Å². The predicted octanol–water partition coefficient (Wildman–Crippen LogP) is 2.82. The van der Waals surface area contributed by atoms with E-state index in [1.807, 2.05) is 6.07 Å². The number of aryl methyl sites for hydroxylation is 1. The molecule has 0 saturated heterocycles. The lowest BCUT2D eigenvalue weighted by atomic mass is 9.98. The van der Waals surface area contributed by atoms with Gasteiger partial charge in [0, 0.05) is 30.3 Å². The molecule has 7 heteroatoms. The largest absolute Gasteiger partial charge is 0.507 e. The number of hydrogen-bond acceptors (Lipinski definition) is 7. The maximum absolute atomic E-state index is 9.68. The number of nitrogens with one attached hydrogen (secondary N) is 1. The van der Waals surface area contributed by atoms with Crippen molar-refractivity contribution < 1.29 is 9.63 Å². The van der Waals surface area contributed by atoms with Gasteiger partial charge in [0.15, 0.2) is 0 Å². The summed E-state index contributed by atoms with van der Waals surface area (Å²) >= 11 is 0. The van der Waals surface area contributed by atoms with Crippen LogP contribution in [0.5, 0.6) is 5.75 Å². The van der Waals surface area contributed by atoms with Crippen molar-refractivity contribution in [2.45, 2.75) is 25.8 Å². The Morgan fingerprint density at radius 3 is 3.00 bits per heavy atom. The van der Waals surface area contributed by atoms with Crippen LogP contribution >= 0.6 is 0 Å². The standard InChI is InChI=1S/C21H21N5O2/c1-12-8-16-15(3-4-18(16)24-7-6-22)17(9-12)20-25-21(28-26-20)13-2-5-19(27)14(10-13)11-23/h2,5,8-10,18,24,27H,3-4,6-7,22H2,1H3. The van der Waals surface area contributed by atoms with Gasteiger partial charge < -0.3 is 20.7 Å². The molecule has 142 valence electrons. The quantitative estimate of drug-likeness (QED) is 0.627. The van der Waals surface area contributed by atoms with Gasteiger partial charge in [0.25, 0.3) is 5.89 Å². The summed E-state index contributed by atoms with van der Waals surface area (Å²) in [4.78, 5) is 4.55. The zero-order chi connectivity index (χ0) is 19.7. The third-order valence-corrected chi connectivity index (χ3v) is 5.05. The molecule has 28 heavy (non-hydrogen) atoms. The minimum atomic E-state index is -0.0708. The maximum atomic E-state index is 9.68. The Morgan fingerprint density at radius 2 is 2.21 bits per heavy atom. The summed E-state index contributed by atoms with van der Waals surface area (Å²) in [5, 5.41) is 26.5. The number of hydrogen-bond donors (Lipinski definition) is 3. The highest BCUT2D eigenvalue weighted by Crippen LogP contribution is 2.38. The first kappa shape index (κ1) is 18.2. The van der Waals surface area contributed by atoms with Crippen LogP contribution in [0.25, 0.3) is 22.8 Å². The van der Waals surface area contributed by atoms with E-state index in [0.29, 0.717) is 29.9 Å². The van der Waals surface area contributed by atoms with E-state index in [0.717, 1.165) is 30.5 Å². The van der Waals surface area contributed by atoms with Gasteiger partial charge in [-0.25, -0.2) is 0 Å². The number of phenols is 1. The molecule has 1 aliphatic carbocycles. The van der Waals surface area contributed by atoms with Gasteiger partial charge in [0.05, 0.1) is 5.56 Å². The van der Waals surface area contributed by atoms with Crippen LogP contribution in [0.15, 0.2) is 34.9 Å². The van der Waals surface area contributed by atoms with Crippen molar-refractivity contribution in [2.75, 3.05) is 13.1 Å². The summed E-state index contributed by atoms with van der Waals surface area (Å²) in [5.74, 6) is 0.775. The first-order valence-electron chi connectivity index (χ1n) is 9.25. The van der Waals surface area contributed by atoms with E-state index < -0.39 is 0 Å². The van der Waals surface area contributed by atoms with Crippen LogP contribution in [0.3, 0.4) is 0 Å². The highest BCUT2D eigenvalue weighted by Gasteiger charge is 2.27. The predicted molar refractivity (Wildman–Crippen MR) is 104 cm³/mol. The number of nitrogens with zero attached hydrogens (tertiary/aromatic N) is 3. The molecular weight excluding hydrogens is 354 g/mol. The van der Waals surface area contributed by atoms with E-state index in [1.165, 1.54) is 17.2 Å². The second kappa shape index (κ2) is 7.43. The summed E-state index contributed by atoms with van der Waals surface area (Å²) < 4.78 is 5.45. The van der Waals surface area contributed by atoms with Crippen molar-refractivity contribution in [2.24, 2.45) is 5.73 Å². The van der Waals surface area contributed by atoms with Crippen LogP contribution in [0.1, 0.15) is 34.7 Å². The zero-order valence-corrected chi connectivity index (χ0v) is 15.6. The highest BCUT2D eigenvalue weighted by atomic mass is 16.5. The molecule has 0 fully saturated rings. The molecule has 1 aromatic heterocycles. The van der Waals surface area contributed by atoms with Crippen molar-refractivity contribution in [1.82, 2.24) is 15.5 Å². The Morgan fingerprint density at radius 1 is 1.36 bits per heavy atom. The summed E-state index contributed by atoms with van der Waals surface area (Å²) in [6.45, 7) is 3.44. The molecule has 0 spiro atoms. The normalized spacial score (nSPS) is 15.4. The fourth-order valence-corrected chi connectivity index (χ4v) is 3.76. The highest BCUT2D eigenvalue weighted by molar-refractivity contribution is 5.68. The lowest BCUT2D eigenvalue weighted by molar-refractivity contribution is 0.432. The van der Waals surface area contributed by atoms with Crippen molar-refractivity contribution in [1.29, 1.82) is 5.26 Å². The van der Waals surface area contributed by atoms with E-state index in [9.17, 15) is 5.11 Å². The Bertz CT molecular complexity index is 1070. The average molecular weight is 375 g/mol. The summed E-state index contributed by atoms with van der Waals surface area (Å²) in [5.41, 5.74) is 11.0. The van der Waals surface area contributed by atoms with Crippen LogP contribution in [0, 0.1) is 18.3 Å². The van der Waals surface area contributed by atoms with E-state index in [1.54, 1.807) is 12.1 Å². The first-order valence-corrected chi connectivity index (χ1v) is 9.25. The summed E-state index contributed by atoms with van der Waals surface area (Å²) in [7, 11) is 0. The molecule has 1 heterocycles. The molecule has 3 aromatic rings. The number of nitrogens with two attached hydrogens (primary N) is 1. The van der Waals surface area contributed by atoms with E-state index in [4.69, 9.17) is 15.5 Å². The number of benzene rings is 2. The van der Waals surface area contributed by atoms with E-state index >= 15 is 0 Å². The van der Waals surface area contributed by atoms with Crippen molar-refractivity contribution in [3.05, 3.63) is 52.6 Å². The molecule has 4 rings (SSSR count). The lowest BCUT2D eigenvalue weighted by Crippen LogP contribution is -2.25. The summed E-state index contributed by atoms with van der Waals surface area (Å²) in [6, 6.07) is 11.2. The minimum absolute atomic E-state index is 0.0708. The van der Waals surface area contributed by atoms with Crippen molar-refractivity contribution in [3.8, 4) is 34.7 Å². The maximum Gasteiger partial charge on any atom is 0.258 e. The molecule has 0 saturated carbocycles. The van der Waals surface area contributed by atoms with Crippen LogP contribution in [-0.2, 0) is 6.42 Å². The summed E-state index contributed by atoms with van der Waals surface area (Å²) in [6.07, 6.45) is 1.95. The molecule has 4 N–H and O–H groups in total. The third kappa shape index (κ3) is 3.24. The van der Waals surface area contributed by atoms with Gasteiger partial charge in [0.1, 0.15) is 11.8 Å². The molecular formula is C21H21N5O2. The second-order valence-electron chi connectivity index (χ2n) is 6.98. The lowest BCUT2D eigenvalue weighted by Gasteiger charge is -2.14. The Hall–Kier alpha value is -3.21. The second-order valence-corrected chi connectivity index (χ2v) is 6.98. The Labute approximate surface area is 162 Å². The first-order chi connectivity index (χ1) is 13.6. The number of rotatable bonds is 5. The minimum Gasteiger partial charge on any atom is -0.507 e. The van der Waals surface area contributed by atoms with Gasteiger partial charge in [-0.2, -0.15) is 10.2 Å². The molecule has 1 unspecified atom stereocenters. The fraction of sp³-hybridized carbons (Fsp3) is 0.286. The molecule has 0 amide bonds. The van der Waals surface area contributed by atoms with E-state index in [-0.39, 0.29) is 11.3 Å². The van der Waals surface area contributed by atoms with Crippen molar-refractivity contribution in [3.63, 3.8) is 0 Å². The van der Waals surface area contributed by atoms with Crippen LogP contribution < -0.4 is 11.1 Å². The molecule has 0 bridgehead atoms. The van der Waals surface area contributed by atoms with Crippen molar-refractivity contribution >= 4 is 0 Å². The zero-order valence-electron chi connectivity index (χ0n) is 15.6. The van der Waals surface area contributed by atoms with Gasteiger partial charge in [-0.1, -0.05) is 16.8 Å². The SMILES string of the molecule is Cc1cc(-c2noc(-c3ccc(O)c(C#N)c3)n2)c2c(c1)C(NCCN)CC2. The smallest absolute Gasteiger partial charge is 0.258 e. The van der Waals surface area contributed by atoms with Gasteiger partial charge in [-0.15, -0.1) is 0 Å². The molecule has 0 radical (unpaired) electrons. The van der Waals surface area contributed by atoms with Gasteiger partial charge in [-0.3, -0.25) is 0 Å². The number of phenolic OH excluding ortho intramolecular Hbond substituents is 1. The Balaban J connectivity index is 1.71. The molecule has 1 atom stereocenters. The monoisotopic (exact) mass is 375 g/mol. The van der Waals surface area contributed by atoms with Gasteiger partial charge >= 0.3 is 0 Å². The number of nitriles is 1. The third-order valence-electron chi connectivity index (χ3n) is 5.05. The van der Waals surface area contributed by atoms with Crippen LogP contribution in [-0.4, -0.2) is 28.3 Å². The fourth-order valence-electron chi connectivity index (χ4n) is 3.76. The van der Waals surface area contributed by atoms with E-state index in [2.05, 4.69) is 34.5 Å². The number of aromatic hydroxyl groups is 1. The van der Waals surface area contributed by atoms with Crippen LogP contribution in [0.2, 0.25) is 0 Å².